The minimum absolute atomic E-state index is 0.244. The number of benzene rings is 1. The van der Waals surface area contributed by atoms with Crippen molar-refractivity contribution in [1.29, 1.82) is 0 Å². The molecule has 1 saturated heterocycles. The maximum atomic E-state index is 12.6. The highest BCUT2D eigenvalue weighted by molar-refractivity contribution is 7.92. The smallest absolute Gasteiger partial charge is 0.243 e. The zero-order chi connectivity index (χ0) is 20.7. The van der Waals surface area contributed by atoms with Crippen LogP contribution < -0.4 is 14.4 Å². The summed E-state index contributed by atoms with van der Waals surface area (Å²) in [6.45, 7) is 5.22. The molecule has 1 aromatic rings. The van der Waals surface area contributed by atoms with Crippen molar-refractivity contribution in [3.05, 3.63) is 23.2 Å². The van der Waals surface area contributed by atoms with E-state index in [1.807, 2.05) is 0 Å². The Balaban J connectivity index is 2.03. The minimum atomic E-state index is -3.73. The Kier molecular flexibility index (Phi) is 8.39. The van der Waals surface area contributed by atoms with Crippen LogP contribution in [0.15, 0.2) is 18.2 Å². The van der Waals surface area contributed by atoms with Crippen molar-refractivity contribution < 1.29 is 17.9 Å². The van der Waals surface area contributed by atoms with Crippen LogP contribution in [0.5, 0.6) is 5.75 Å². The van der Waals surface area contributed by atoms with Crippen LogP contribution >= 0.6 is 11.6 Å². The molecule has 1 N–H and O–H groups in total. The monoisotopic (exact) mass is 431 g/mol. The van der Waals surface area contributed by atoms with E-state index in [1.54, 1.807) is 19.1 Å². The largest absolute Gasteiger partial charge is 0.495 e. The van der Waals surface area contributed by atoms with Gasteiger partial charge < -0.3 is 15.0 Å². The number of nitrogens with one attached hydrogen (secondary N) is 1. The maximum absolute atomic E-state index is 12.6. The molecular formula is C19H30ClN3O4S. The van der Waals surface area contributed by atoms with Crippen molar-refractivity contribution in [3.63, 3.8) is 0 Å². The van der Waals surface area contributed by atoms with E-state index in [1.165, 1.54) is 32.4 Å². The van der Waals surface area contributed by atoms with Crippen molar-refractivity contribution in [2.75, 3.05) is 43.8 Å². The first-order chi connectivity index (χ1) is 13.2. The third-order valence-corrected chi connectivity index (χ3v) is 6.33. The molecule has 0 radical (unpaired) electrons. The Morgan fingerprint density at radius 2 is 2.00 bits per heavy atom. The van der Waals surface area contributed by atoms with Crippen molar-refractivity contribution in [3.8, 4) is 5.75 Å². The lowest BCUT2D eigenvalue weighted by atomic mass is 10.1. The molecule has 158 valence electrons. The van der Waals surface area contributed by atoms with Crippen LogP contribution in [0.25, 0.3) is 0 Å². The number of methoxy groups -OCH3 is 1. The summed E-state index contributed by atoms with van der Waals surface area (Å²) in [4.78, 5) is 15.0. The molecule has 1 atom stereocenters. The summed E-state index contributed by atoms with van der Waals surface area (Å²) in [5.41, 5.74) is 0.244. The second-order valence-electron chi connectivity index (χ2n) is 7.10. The summed E-state index contributed by atoms with van der Waals surface area (Å²) in [6, 6.07) is 3.74. The van der Waals surface area contributed by atoms with Crippen LogP contribution in [0.1, 0.15) is 32.6 Å². The molecule has 0 aromatic heterocycles. The molecule has 28 heavy (non-hydrogen) atoms. The number of halogens is 1. The predicted octanol–water partition coefficient (Wildman–Crippen LogP) is 2.50. The van der Waals surface area contributed by atoms with Crippen LogP contribution in [0.2, 0.25) is 5.02 Å². The van der Waals surface area contributed by atoms with E-state index in [0.717, 1.165) is 36.6 Å². The number of carbonyl (C=O) groups excluding carboxylic acids is 1. The number of amides is 1. The minimum Gasteiger partial charge on any atom is -0.495 e. The molecule has 0 unspecified atom stereocenters. The van der Waals surface area contributed by atoms with E-state index >= 15 is 0 Å². The fourth-order valence-corrected chi connectivity index (χ4v) is 4.80. The van der Waals surface area contributed by atoms with Gasteiger partial charge in [-0.2, -0.15) is 0 Å². The number of carbonyl (C=O) groups is 1. The molecule has 7 nitrogen and oxygen atoms in total. The fraction of sp³-hybridized carbons (Fsp3) is 0.632. The van der Waals surface area contributed by atoms with Crippen LogP contribution in [-0.2, 0) is 14.8 Å². The van der Waals surface area contributed by atoms with Crippen LogP contribution in [0.4, 0.5) is 5.69 Å². The average Bonchev–Trinajstić information content (AvgIpc) is 2.65. The number of likely N-dealkylation sites (tertiary alicyclic amines) is 1. The molecule has 0 spiro atoms. The Morgan fingerprint density at radius 3 is 2.61 bits per heavy atom. The van der Waals surface area contributed by atoms with Gasteiger partial charge in [0.25, 0.3) is 0 Å². The number of piperidine rings is 1. The van der Waals surface area contributed by atoms with E-state index in [4.69, 9.17) is 16.3 Å². The Morgan fingerprint density at radius 1 is 1.32 bits per heavy atom. The van der Waals surface area contributed by atoms with Gasteiger partial charge in [0.2, 0.25) is 15.9 Å². The molecule has 0 saturated carbocycles. The Hall–Kier alpha value is -1.51. The molecule has 1 heterocycles. The van der Waals surface area contributed by atoms with E-state index in [2.05, 4.69) is 10.2 Å². The molecule has 1 aliphatic rings. The first-order valence-electron chi connectivity index (χ1n) is 9.57. The van der Waals surface area contributed by atoms with Gasteiger partial charge in [0.05, 0.1) is 19.1 Å². The summed E-state index contributed by atoms with van der Waals surface area (Å²) in [5.74, 6) is -0.0225. The standard InChI is InChI=1S/C19H30ClN3O4S/c1-15(19(24)21-10-7-13-22-11-5-4-6-12-22)23(28(3,25)26)17-14-16(20)8-9-18(17)27-2/h8-9,14-15H,4-7,10-13H2,1-3H3,(H,21,24)/t15-/m1/s1. The highest BCUT2D eigenvalue weighted by Gasteiger charge is 2.31. The van der Waals surface area contributed by atoms with Crippen LogP contribution in [-0.4, -0.2) is 64.8 Å². The van der Waals surface area contributed by atoms with Crippen molar-refractivity contribution in [2.45, 2.75) is 38.6 Å². The second kappa shape index (κ2) is 10.3. The molecule has 2 rings (SSSR count). The van der Waals surface area contributed by atoms with Crippen LogP contribution in [0.3, 0.4) is 0 Å². The molecule has 1 aliphatic heterocycles. The van der Waals surface area contributed by atoms with Gasteiger partial charge in [-0.05, 0) is 64.0 Å². The number of anilines is 1. The first kappa shape index (κ1) is 22.8. The second-order valence-corrected chi connectivity index (χ2v) is 9.39. The maximum Gasteiger partial charge on any atom is 0.243 e. The summed E-state index contributed by atoms with van der Waals surface area (Å²) in [7, 11) is -2.29. The van der Waals surface area contributed by atoms with E-state index in [-0.39, 0.29) is 11.6 Å². The third kappa shape index (κ3) is 6.25. The van der Waals surface area contributed by atoms with Gasteiger partial charge in [-0.1, -0.05) is 18.0 Å². The first-order valence-corrected chi connectivity index (χ1v) is 11.8. The SMILES string of the molecule is COc1ccc(Cl)cc1N([C@H](C)C(=O)NCCCN1CCCCC1)S(C)(=O)=O. The van der Waals surface area contributed by atoms with E-state index in [0.29, 0.717) is 17.3 Å². The van der Waals surface area contributed by atoms with Gasteiger partial charge in [0.1, 0.15) is 11.8 Å². The Labute approximate surface area is 173 Å². The number of hydrogen-bond donors (Lipinski definition) is 1. The third-order valence-electron chi connectivity index (χ3n) is 4.87. The lowest BCUT2D eigenvalue weighted by Gasteiger charge is -2.30. The average molecular weight is 432 g/mol. The molecule has 1 amide bonds. The zero-order valence-corrected chi connectivity index (χ0v) is 18.4. The van der Waals surface area contributed by atoms with Gasteiger partial charge in [-0.3, -0.25) is 9.10 Å². The summed E-state index contributed by atoms with van der Waals surface area (Å²) in [5, 5.41) is 3.21. The topological polar surface area (TPSA) is 79.0 Å². The quantitative estimate of drug-likeness (QED) is 0.608. The molecule has 1 aromatic carbocycles. The zero-order valence-electron chi connectivity index (χ0n) is 16.8. The molecule has 1 fully saturated rings. The highest BCUT2D eigenvalue weighted by Crippen LogP contribution is 2.34. The number of nitrogens with zero attached hydrogens (tertiary/aromatic N) is 2. The van der Waals surface area contributed by atoms with Gasteiger partial charge in [0, 0.05) is 11.6 Å². The van der Waals surface area contributed by atoms with Crippen molar-refractivity contribution in [2.24, 2.45) is 0 Å². The lowest BCUT2D eigenvalue weighted by Crippen LogP contribution is -2.48. The van der Waals surface area contributed by atoms with Gasteiger partial charge in [-0.25, -0.2) is 8.42 Å². The van der Waals surface area contributed by atoms with Crippen molar-refractivity contribution >= 4 is 33.2 Å². The Bertz CT molecular complexity index is 766. The predicted molar refractivity (Wildman–Crippen MR) is 113 cm³/mol. The van der Waals surface area contributed by atoms with Crippen LogP contribution in [0, 0.1) is 0 Å². The van der Waals surface area contributed by atoms with Gasteiger partial charge >= 0.3 is 0 Å². The number of hydrogen-bond acceptors (Lipinski definition) is 5. The highest BCUT2D eigenvalue weighted by atomic mass is 35.5. The lowest BCUT2D eigenvalue weighted by molar-refractivity contribution is -0.121. The summed E-state index contributed by atoms with van der Waals surface area (Å²) in [6.07, 6.45) is 5.65. The van der Waals surface area contributed by atoms with E-state index < -0.39 is 16.1 Å². The fourth-order valence-electron chi connectivity index (χ4n) is 3.46. The molecule has 9 heteroatoms. The van der Waals surface area contributed by atoms with Crippen molar-refractivity contribution in [1.82, 2.24) is 10.2 Å². The normalized spacial score (nSPS) is 16.4. The molecule has 0 bridgehead atoms. The van der Waals surface area contributed by atoms with Gasteiger partial charge in [0.15, 0.2) is 0 Å². The van der Waals surface area contributed by atoms with Gasteiger partial charge in [-0.15, -0.1) is 0 Å². The summed E-state index contributed by atoms with van der Waals surface area (Å²) < 4.78 is 31.2. The molecule has 0 aliphatic carbocycles. The number of rotatable bonds is 9. The van der Waals surface area contributed by atoms with E-state index in [9.17, 15) is 13.2 Å². The molecular weight excluding hydrogens is 402 g/mol. The number of ether oxygens (including phenoxy) is 1. The summed E-state index contributed by atoms with van der Waals surface area (Å²) >= 11 is 6.05. The number of sulfonamides is 1.